The van der Waals surface area contributed by atoms with Crippen LogP contribution in [-0.4, -0.2) is 39.8 Å². The Morgan fingerprint density at radius 1 is 1.24 bits per heavy atom. The fourth-order valence-electron chi connectivity index (χ4n) is 3.66. The topological polar surface area (TPSA) is 80.5 Å². The Kier molecular flexibility index (Phi) is 5.71. The highest BCUT2D eigenvalue weighted by Gasteiger charge is 2.24. The van der Waals surface area contributed by atoms with Gasteiger partial charge in [-0.3, -0.25) is 4.79 Å². The van der Waals surface area contributed by atoms with Crippen LogP contribution in [0.4, 0.5) is 10.2 Å². The number of halogens is 1. The number of amides is 1. The summed E-state index contributed by atoms with van der Waals surface area (Å²) in [6.07, 6.45) is 5.51. The third-order valence-electron chi connectivity index (χ3n) is 5.30. The molecule has 1 aromatic carbocycles. The van der Waals surface area contributed by atoms with Crippen molar-refractivity contribution in [3.8, 4) is 0 Å². The Morgan fingerprint density at radius 3 is 2.83 bits per heavy atom. The van der Waals surface area contributed by atoms with Crippen molar-refractivity contribution < 1.29 is 13.9 Å². The normalized spacial score (nSPS) is 19.2. The van der Waals surface area contributed by atoms with Crippen LogP contribution in [0.1, 0.15) is 41.7 Å². The number of rotatable bonds is 6. The van der Waals surface area contributed by atoms with Crippen molar-refractivity contribution >= 4 is 17.4 Å². The minimum absolute atomic E-state index is 0.133. The summed E-state index contributed by atoms with van der Waals surface area (Å²) < 4.78 is 20.2. The van der Waals surface area contributed by atoms with Gasteiger partial charge in [0.1, 0.15) is 11.6 Å². The van der Waals surface area contributed by atoms with Crippen LogP contribution in [0.25, 0.3) is 5.65 Å². The van der Waals surface area contributed by atoms with Gasteiger partial charge in [0.25, 0.3) is 5.91 Å². The van der Waals surface area contributed by atoms with Crippen molar-refractivity contribution in [1.29, 1.82) is 0 Å². The maximum absolute atomic E-state index is 13.3. The molecule has 2 heterocycles. The molecule has 29 heavy (non-hydrogen) atoms. The highest BCUT2D eigenvalue weighted by molar-refractivity contribution is 5.93. The average Bonchev–Trinajstić information content (AvgIpc) is 3.16. The van der Waals surface area contributed by atoms with E-state index in [0.717, 1.165) is 31.2 Å². The van der Waals surface area contributed by atoms with Gasteiger partial charge >= 0.3 is 0 Å². The third-order valence-corrected chi connectivity index (χ3v) is 5.30. The highest BCUT2D eigenvalue weighted by Crippen LogP contribution is 2.21. The van der Waals surface area contributed by atoms with Crippen LogP contribution in [-0.2, 0) is 11.3 Å². The first-order chi connectivity index (χ1) is 14.1. The Morgan fingerprint density at radius 2 is 2.07 bits per heavy atom. The van der Waals surface area contributed by atoms with Crippen LogP contribution in [0.15, 0.2) is 42.6 Å². The monoisotopic (exact) mass is 397 g/mol. The number of carbonyl (C=O) groups is 1. The second-order valence-corrected chi connectivity index (χ2v) is 7.30. The van der Waals surface area contributed by atoms with Gasteiger partial charge in [-0.1, -0.05) is 12.1 Å². The smallest absolute Gasteiger partial charge is 0.271 e. The second kappa shape index (κ2) is 8.57. The summed E-state index contributed by atoms with van der Waals surface area (Å²) in [6, 6.07) is 10.1. The summed E-state index contributed by atoms with van der Waals surface area (Å²) in [5.74, 6) is 0.114. The Balaban J connectivity index is 1.44. The van der Waals surface area contributed by atoms with Crippen molar-refractivity contribution in [2.45, 2.75) is 44.4 Å². The van der Waals surface area contributed by atoms with Crippen LogP contribution in [0.3, 0.4) is 0 Å². The minimum Gasteiger partial charge on any atom is -0.381 e. The summed E-state index contributed by atoms with van der Waals surface area (Å²) in [5, 5.41) is 10.7. The fraction of sp³-hybridized carbons (Fsp3) is 0.381. The molecule has 0 unspecified atom stereocenters. The first kappa shape index (κ1) is 19.3. The van der Waals surface area contributed by atoms with Gasteiger partial charge in [-0.15, -0.1) is 5.10 Å². The first-order valence-electron chi connectivity index (χ1n) is 9.79. The van der Waals surface area contributed by atoms with Gasteiger partial charge in [0.15, 0.2) is 11.3 Å². The lowest BCUT2D eigenvalue weighted by molar-refractivity contribution is 0.0598. The second-order valence-electron chi connectivity index (χ2n) is 7.30. The van der Waals surface area contributed by atoms with E-state index in [1.165, 1.54) is 22.8 Å². The molecule has 0 atom stereocenters. The molecule has 0 spiro atoms. The molecule has 1 amide bonds. The van der Waals surface area contributed by atoms with Crippen molar-refractivity contribution in [3.05, 3.63) is 59.7 Å². The zero-order chi connectivity index (χ0) is 20.2. The molecular formula is C21H24FN5O2. The summed E-state index contributed by atoms with van der Waals surface area (Å²) in [5.41, 5.74) is 1.79. The van der Waals surface area contributed by atoms with E-state index in [2.05, 4.69) is 20.7 Å². The third kappa shape index (κ3) is 4.54. The number of benzene rings is 1. The van der Waals surface area contributed by atoms with Gasteiger partial charge in [0.05, 0.1) is 12.3 Å². The number of aromatic nitrogens is 3. The van der Waals surface area contributed by atoms with E-state index >= 15 is 0 Å². The maximum atomic E-state index is 13.3. The van der Waals surface area contributed by atoms with E-state index in [9.17, 15) is 9.18 Å². The number of hydrogen-bond donors (Lipinski definition) is 2. The van der Waals surface area contributed by atoms with Crippen LogP contribution in [0, 0.1) is 5.82 Å². The van der Waals surface area contributed by atoms with Crippen LogP contribution in [0.2, 0.25) is 0 Å². The molecule has 8 heteroatoms. The predicted octanol–water partition coefficient (Wildman–Crippen LogP) is 3.17. The van der Waals surface area contributed by atoms with Gasteiger partial charge in [-0.05, 0) is 55.5 Å². The van der Waals surface area contributed by atoms with E-state index in [0.29, 0.717) is 23.7 Å². The van der Waals surface area contributed by atoms with Crippen LogP contribution >= 0.6 is 0 Å². The molecule has 152 valence electrons. The number of fused-ring (bicyclic) bond motifs is 1. The van der Waals surface area contributed by atoms with Gasteiger partial charge in [0.2, 0.25) is 0 Å². The number of methoxy groups -OCH3 is 1. The molecule has 2 aromatic heterocycles. The molecule has 1 fully saturated rings. The fourth-order valence-corrected chi connectivity index (χ4v) is 3.66. The lowest BCUT2D eigenvalue weighted by Crippen LogP contribution is -2.39. The zero-order valence-electron chi connectivity index (χ0n) is 16.3. The number of ether oxygens (including phenoxy) is 1. The quantitative estimate of drug-likeness (QED) is 0.668. The van der Waals surface area contributed by atoms with E-state index < -0.39 is 0 Å². The molecule has 1 aliphatic rings. The van der Waals surface area contributed by atoms with E-state index in [1.54, 1.807) is 25.3 Å². The molecule has 0 saturated heterocycles. The number of nitrogens with zero attached hydrogens (tertiary/aromatic N) is 3. The van der Waals surface area contributed by atoms with Crippen LogP contribution in [0.5, 0.6) is 0 Å². The molecule has 7 nitrogen and oxygen atoms in total. The van der Waals surface area contributed by atoms with Gasteiger partial charge < -0.3 is 15.4 Å². The van der Waals surface area contributed by atoms with Gasteiger partial charge in [-0.2, -0.15) is 0 Å². The Labute approximate surface area is 168 Å². The van der Waals surface area contributed by atoms with Gasteiger partial charge in [-0.25, -0.2) is 13.9 Å². The average molecular weight is 397 g/mol. The largest absolute Gasteiger partial charge is 0.381 e. The van der Waals surface area contributed by atoms with Crippen LogP contribution < -0.4 is 10.6 Å². The molecular weight excluding hydrogens is 373 g/mol. The number of imidazole rings is 1. The van der Waals surface area contributed by atoms with E-state index in [1.807, 2.05) is 6.07 Å². The van der Waals surface area contributed by atoms with E-state index in [-0.39, 0.29) is 23.9 Å². The molecule has 0 aliphatic heterocycles. The van der Waals surface area contributed by atoms with Crippen molar-refractivity contribution in [2.24, 2.45) is 0 Å². The summed E-state index contributed by atoms with van der Waals surface area (Å²) >= 11 is 0. The SMILES string of the molecule is COC1CCC(NC(=O)c2cnc3ccc(NCc4cccc(F)c4)nn23)CC1. The molecule has 1 aliphatic carbocycles. The first-order valence-corrected chi connectivity index (χ1v) is 9.79. The predicted molar refractivity (Wildman–Crippen MR) is 107 cm³/mol. The molecule has 3 aromatic rings. The summed E-state index contributed by atoms with van der Waals surface area (Å²) in [4.78, 5) is 17.0. The Hall–Kier alpha value is -3.00. The standard InChI is InChI=1S/C21H24FN5O2/c1-29-17-7-5-16(6-8-17)25-21(28)18-13-24-20-10-9-19(26-27(18)20)23-12-14-3-2-4-15(22)11-14/h2-4,9-11,13,16-17H,5-8,12H2,1H3,(H,23,26)(H,25,28). The summed E-state index contributed by atoms with van der Waals surface area (Å²) in [7, 11) is 1.73. The number of hydrogen-bond acceptors (Lipinski definition) is 5. The van der Waals surface area contributed by atoms with Gasteiger partial charge in [0, 0.05) is 19.7 Å². The molecule has 2 N–H and O–H groups in total. The summed E-state index contributed by atoms with van der Waals surface area (Å²) in [6.45, 7) is 0.426. The lowest BCUT2D eigenvalue weighted by atomic mass is 9.93. The molecule has 4 rings (SSSR count). The molecule has 1 saturated carbocycles. The maximum Gasteiger partial charge on any atom is 0.271 e. The molecule has 0 radical (unpaired) electrons. The lowest BCUT2D eigenvalue weighted by Gasteiger charge is -2.28. The number of carbonyl (C=O) groups excluding carboxylic acids is 1. The highest BCUT2D eigenvalue weighted by atomic mass is 19.1. The van der Waals surface area contributed by atoms with Crippen molar-refractivity contribution in [2.75, 3.05) is 12.4 Å². The Bertz CT molecular complexity index is 998. The number of nitrogens with one attached hydrogen (secondary N) is 2. The van der Waals surface area contributed by atoms with E-state index in [4.69, 9.17) is 4.74 Å². The zero-order valence-corrected chi connectivity index (χ0v) is 16.3. The minimum atomic E-state index is -0.277. The number of anilines is 1. The van der Waals surface area contributed by atoms with Crippen molar-refractivity contribution in [1.82, 2.24) is 19.9 Å². The van der Waals surface area contributed by atoms with Crippen molar-refractivity contribution in [3.63, 3.8) is 0 Å². The molecule has 0 bridgehead atoms.